The first-order valence-electron chi connectivity index (χ1n) is 14.5. The Hall–Kier alpha value is -3.91. The molecular weight excluding hydrogens is 516 g/mol. The maximum atomic E-state index is 12.4. The van der Waals surface area contributed by atoms with Gasteiger partial charge in [-0.05, 0) is 78.5 Å². The molecule has 1 saturated heterocycles. The van der Waals surface area contributed by atoms with Gasteiger partial charge in [0.2, 0.25) is 0 Å². The van der Waals surface area contributed by atoms with Gasteiger partial charge in [0.25, 0.3) is 5.56 Å². The number of hydrogen-bond donors (Lipinski definition) is 1. The Morgan fingerprint density at radius 2 is 1.68 bits per heavy atom. The number of fused-ring (bicyclic) bond motifs is 2. The van der Waals surface area contributed by atoms with Gasteiger partial charge < -0.3 is 14.9 Å². The van der Waals surface area contributed by atoms with Gasteiger partial charge in [0, 0.05) is 46.3 Å². The van der Waals surface area contributed by atoms with E-state index in [0.29, 0.717) is 11.7 Å². The smallest absolute Gasteiger partial charge is 0.332 e. The van der Waals surface area contributed by atoms with E-state index in [1.807, 2.05) is 6.07 Å². The van der Waals surface area contributed by atoms with Crippen molar-refractivity contribution in [3.05, 3.63) is 103 Å². The molecule has 216 valence electrons. The van der Waals surface area contributed by atoms with Gasteiger partial charge in [-0.3, -0.25) is 18.7 Å². The number of hydrogen-bond acceptors (Lipinski definition) is 5. The molecule has 5 rings (SSSR count). The van der Waals surface area contributed by atoms with E-state index in [4.69, 9.17) is 0 Å². The minimum atomic E-state index is -0.811. The topological polar surface area (TPSA) is 87.8 Å². The third kappa shape index (κ3) is 6.38. The molecule has 0 radical (unpaired) electrons. The molecule has 0 saturated carbocycles. The van der Waals surface area contributed by atoms with E-state index in [1.165, 1.54) is 29.3 Å². The number of carbonyl (C=O) groups is 1. The van der Waals surface area contributed by atoms with Crippen molar-refractivity contribution in [3.63, 3.8) is 0 Å². The molecule has 41 heavy (non-hydrogen) atoms. The quantitative estimate of drug-likeness (QED) is 0.457. The van der Waals surface area contributed by atoms with Crippen LogP contribution in [0.2, 0.25) is 0 Å². The van der Waals surface area contributed by atoms with Crippen LogP contribution < -0.4 is 16.1 Å². The van der Waals surface area contributed by atoms with Crippen LogP contribution in [0.4, 0.5) is 5.82 Å². The van der Waals surface area contributed by atoms with Crippen LogP contribution in [0, 0.1) is 5.92 Å². The van der Waals surface area contributed by atoms with Crippen LogP contribution in [-0.2, 0) is 38.2 Å². The fourth-order valence-electron chi connectivity index (χ4n) is 6.34. The number of rotatable bonds is 8. The predicted octanol–water partition coefficient (Wildman–Crippen LogP) is 3.48. The van der Waals surface area contributed by atoms with Crippen molar-refractivity contribution in [3.8, 4) is 0 Å². The Morgan fingerprint density at radius 1 is 0.976 bits per heavy atom. The molecule has 8 heteroatoms. The van der Waals surface area contributed by atoms with E-state index >= 15 is 0 Å². The molecule has 2 aromatic carbocycles. The standard InChI is InChI=1S/C33H40N4O4/c1-34(22-23-14-17-37(18-15-23)30-21-31(38)36(3)33(41)35(30)2)16-6-9-28-27-8-5-4-7-25(27)12-13-26-11-10-24(19-29(26)28)20-32(39)40/h4-5,7-11,19,21,23H,6,12-18,20,22H2,1-3H3,(H,39,40)/b28-9+. The average Bonchev–Trinajstić information content (AvgIpc) is 3.11. The maximum absolute atomic E-state index is 12.4. The number of aromatic nitrogens is 2. The van der Waals surface area contributed by atoms with E-state index in [2.05, 4.69) is 59.3 Å². The lowest BCUT2D eigenvalue weighted by atomic mass is 9.91. The Bertz CT molecular complexity index is 1580. The summed E-state index contributed by atoms with van der Waals surface area (Å²) in [6.07, 6.45) is 7.22. The minimum absolute atomic E-state index is 0.0288. The summed E-state index contributed by atoms with van der Waals surface area (Å²) in [5.41, 5.74) is 6.51. The zero-order valence-electron chi connectivity index (χ0n) is 24.3. The van der Waals surface area contributed by atoms with Gasteiger partial charge in [0.05, 0.1) is 6.42 Å². The lowest BCUT2D eigenvalue weighted by Crippen LogP contribution is -2.43. The summed E-state index contributed by atoms with van der Waals surface area (Å²) in [4.78, 5) is 40.5. The van der Waals surface area contributed by atoms with Crippen LogP contribution >= 0.6 is 0 Å². The van der Waals surface area contributed by atoms with Crippen molar-refractivity contribution in [2.45, 2.75) is 38.5 Å². The first kappa shape index (κ1) is 28.6. The molecular formula is C33H40N4O4. The highest BCUT2D eigenvalue weighted by Crippen LogP contribution is 2.34. The highest BCUT2D eigenvalue weighted by atomic mass is 16.4. The van der Waals surface area contributed by atoms with Gasteiger partial charge in [0.1, 0.15) is 5.82 Å². The summed E-state index contributed by atoms with van der Waals surface area (Å²) >= 11 is 0. The van der Waals surface area contributed by atoms with Gasteiger partial charge in [0.15, 0.2) is 0 Å². The largest absolute Gasteiger partial charge is 0.481 e. The number of benzene rings is 2. The molecule has 8 nitrogen and oxygen atoms in total. The summed E-state index contributed by atoms with van der Waals surface area (Å²) in [7, 11) is 5.41. The van der Waals surface area contributed by atoms with Gasteiger partial charge in [-0.15, -0.1) is 0 Å². The van der Waals surface area contributed by atoms with Crippen molar-refractivity contribution in [2.75, 3.05) is 38.1 Å². The lowest BCUT2D eigenvalue weighted by molar-refractivity contribution is -0.136. The van der Waals surface area contributed by atoms with Crippen LogP contribution in [0.15, 0.2) is 64.2 Å². The maximum Gasteiger partial charge on any atom is 0.332 e. The van der Waals surface area contributed by atoms with Gasteiger partial charge >= 0.3 is 11.7 Å². The first-order chi connectivity index (χ1) is 19.7. The Morgan fingerprint density at radius 3 is 2.41 bits per heavy atom. The van der Waals surface area contributed by atoms with Crippen LogP contribution in [0.1, 0.15) is 47.1 Å². The van der Waals surface area contributed by atoms with Crippen LogP contribution in [0.3, 0.4) is 0 Å². The van der Waals surface area contributed by atoms with Gasteiger partial charge in [-0.2, -0.15) is 0 Å². The highest BCUT2D eigenvalue weighted by molar-refractivity contribution is 5.84. The third-order valence-corrected chi connectivity index (χ3v) is 8.66. The van der Waals surface area contributed by atoms with Gasteiger partial charge in [-0.25, -0.2) is 4.79 Å². The molecule has 0 bridgehead atoms. The van der Waals surface area contributed by atoms with Crippen molar-refractivity contribution >= 4 is 17.4 Å². The SMILES string of the molecule is CN(CC/C=C1\c2ccccc2CCc2ccc(CC(=O)O)cc21)CC1CCN(c2cc(=O)n(C)c(=O)n2C)CC1. The second-order valence-corrected chi connectivity index (χ2v) is 11.6. The van der Waals surface area contributed by atoms with E-state index < -0.39 is 5.97 Å². The normalized spacial score (nSPS) is 16.5. The first-order valence-corrected chi connectivity index (χ1v) is 14.5. The van der Waals surface area contributed by atoms with E-state index in [9.17, 15) is 19.5 Å². The summed E-state index contributed by atoms with van der Waals surface area (Å²) in [5.74, 6) is 0.450. The summed E-state index contributed by atoms with van der Waals surface area (Å²) < 4.78 is 2.71. The Labute approximate surface area is 241 Å². The second-order valence-electron chi connectivity index (χ2n) is 11.6. The Kier molecular flexibility index (Phi) is 8.59. The van der Waals surface area contributed by atoms with E-state index in [0.717, 1.165) is 74.0 Å². The van der Waals surface area contributed by atoms with E-state index in [-0.39, 0.29) is 17.7 Å². The van der Waals surface area contributed by atoms with Crippen molar-refractivity contribution in [1.29, 1.82) is 0 Å². The number of piperidine rings is 1. The molecule has 0 spiro atoms. The molecule has 1 N–H and O–H groups in total. The molecule has 1 aliphatic heterocycles. The molecule has 2 heterocycles. The number of anilines is 1. The van der Waals surface area contributed by atoms with Crippen LogP contribution in [0.25, 0.3) is 5.57 Å². The van der Waals surface area contributed by atoms with Gasteiger partial charge in [-0.1, -0.05) is 48.5 Å². The Balaban J connectivity index is 1.24. The zero-order chi connectivity index (χ0) is 29.1. The molecule has 1 fully saturated rings. The number of carboxylic acids is 1. The molecule has 0 amide bonds. The van der Waals surface area contributed by atoms with Crippen molar-refractivity contribution < 1.29 is 9.90 Å². The van der Waals surface area contributed by atoms with Crippen molar-refractivity contribution in [2.24, 2.45) is 20.0 Å². The molecule has 0 atom stereocenters. The molecule has 1 aromatic heterocycles. The molecule has 3 aromatic rings. The number of nitrogens with zero attached hydrogens (tertiary/aromatic N) is 4. The number of aliphatic carboxylic acids is 1. The monoisotopic (exact) mass is 556 g/mol. The summed E-state index contributed by atoms with van der Waals surface area (Å²) in [5, 5.41) is 9.35. The highest BCUT2D eigenvalue weighted by Gasteiger charge is 2.23. The number of aryl methyl sites for hydroxylation is 2. The molecule has 1 aliphatic carbocycles. The number of carboxylic acid groups (broad SMARTS) is 1. The minimum Gasteiger partial charge on any atom is -0.481 e. The molecule has 0 unspecified atom stereocenters. The molecule has 2 aliphatic rings. The summed E-state index contributed by atoms with van der Waals surface area (Å²) in [6, 6.07) is 16.3. The van der Waals surface area contributed by atoms with Crippen molar-refractivity contribution in [1.82, 2.24) is 14.0 Å². The van der Waals surface area contributed by atoms with E-state index in [1.54, 1.807) is 17.7 Å². The zero-order valence-corrected chi connectivity index (χ0v) is 24.3. The lowest BCUT2D eigenvalue weighted by Gasteiger charge is -2.35. The summed E-state index contributed by atoms with van der Waals surface area (Å²) in [6.45, 7) is 3.59. The van der Waals surface area contributed by atoms with Crippen LogP contribution in [-0.4, -0.2) is 58.3 Å². The third-order valence-electron chi connectivity index (χ3n) is 8.66. The van der Waals surface area contributed by atoms with Crippen LogP contribution in [0.5, 0.6) is 0 Å². The fraction of sp³-hybridized carbons (Fsp3) is 0.424. The average molecular weight is 557 g/mol. The fourth-order valence-corrected chi connectivity index (χ4v) is 6.34. The predicted molar refractivity (Wildman–Crippen MR) is 163 cm³/mol. The second kappa shape index (κ2) is 12.3.